The van der Waals surface area contributed by atoms with Gasteiger partial charge in [0, 0.05) is 12.8 Å². The van der Waals surface area contributed by atoms with E-state index < -0.39 is 41.9 Å². The summed E-state index contributed by atoms with van der Waals surface area (Å²) in [5, 5.41) is 4.84. The van der Waals surface area contributed by atoms with Gasteiger partial charge in [0.1, 0.15) is 18.7 Å². The van der Waals surface area contributed by atoms with E-state index in [4.69, 9.17) is 20.1 Å². The summed E-state index contributed by atoms with van der Waals surface area (Å²) in [5.41, 5.74) is 2.66. The Labute approximate surface area is 197 Å². The maximum Gasteiger partial charge on any atom is 0.408 e. The Hall–Kier alpha value is -3.67. The van der Waals surface area contributed by atoms with E-state index in [0.29, 0.717) is 0 Å². The highest BCUT2D eigenvalue weighted by Crippen LogP contribution is 2.06. The standard InChI is InChI=1S/C22H32N4O8/c1-3-32-18(27)12-10-16(25-22(31)34-14-15-8-6-5-7-9-15)20(29)24-17(21(30)26-23)11-13-19(28)33-4-2/h5-9,16-17H,3-4,10-14,23H2,1-2H3,(H,24,29)(H,25,31)(H,26,30). The number of hydrazine groups is 1. The smallest absolute Gasteiger partial charge is 0.408 e. The van der Waals surface area contributed by atoms with Crippen molar-refractivity contribution in [3.63, 3.8) is 0 Å². The van der Waals surface area contributed by atoms with Gasteiger partial charge in [0.2, 0.25) is 5.91 Å². The second kappa shape index (κ2) is 16.0. The number of benzene rings is 1. The monoisotopic (exact) mass is 480 g/mol. The van der Waals surface area contributed by atoms with Crippen LogP contribution in [0.15, 0.2) is 30.3 Å². The molecule has 0 aliphatic rings. The molecule has 34 heavy (non-hydrogen) atoms. The lowest BCUT2D eigenvalue weighted by Crippen LogP contribution is -2.55. The molecular weight excluding hydrogens is 448 g/mol. The van der Waals surface area contributed by atoms with Crippen LogP contribution in [-0.4, -0.2) is 55.1 Å². The van der Waals surface area contributed by atoms with E-state index in [0.717, 1.165) is 5.56 Å². The fourth-order valence-corrected chi connectivity index (χ4v) is 2.81. The summed E-state index contributed by atoms with van der Waals surface area (Å²) in [7, 11) is 0. The summed E-state index contributed by atoms with van der Waals surface area (Å²) in [4.78, 5) is 60.6. The van der Waals surface area contributed by atoms with Gasteiger partial charge in [-0.15, -0.1) is 0 Å². The maximum absolute atomic E-state index is 12.9. The summed E-state index contributed by atoms with van der Waals surface area (Å²) in [6.07, 6.45) is -1.40. The number of alkyl carbamates (subject to hydrolysis) is 1. The lowest BCUT2D eigenvalue weighted by Gasteiger charge is -2.22. The number of nitrogens with one attached hydrogen (secondary N) is 3. The van der Waals surface area contributed by atoms with Crippen LogP contribution < -0.4 is 21.9 Å². The van der Waals surface area contributed by atoms with Gasteiger partial charge >= 0.3 is 18.0 Å². The zero-order valence-electron chi connectivity index (χ0n) is 19.3. The van der Waals surface area contributed by atoms with Crippen molar-refractivity contribution in [2.24, 2.45) is 5.84 Å². The molecule has 0 saturated carbocycles. The van der Waals surface area contributed by atoms with Gasteiger partial charge in [-0.25, -0.2) is 10.6 Å². The number of amides is 3. The van der Waals surface area contributed by atoms with E-state index in [1.807, 2.05) is 11.5 Å². The van der Waals surface area contributed by atoms with Crippen LogP contribution in [0, 0.1) is 0 Å². The van der Waals surface area contributed by atoms with Crippen LogP contribution >= 0.6 is 0 Å². The Bertz CT molecular complexity index is 818. The largest absolute Gasteiger partial charge is 0.466 e. The van der Waals surface area contributed by atoms with Crippen molar-refractivity contribution in [2.75, 3.05) is 13.2 Å². The minimum absolute atomic E-state index is 0.0311. The molecule has 2 unspecified atom stereocenters. The highest BCUT2D eigenvalue weighted by Gasteiger charge is 2.28. The predicted molar refractivity (Wildman–Crippen MR) is 120 cm³/mol. The molecule has 188 valence electrons. The van der Waals surface area contributed by atoms with Gasteiger partial charge in [0.15, 0.2) is 0 Å². The molecule has 0 heterocycles. The molecule has 0 bridgehead atoms. The van der Waals surface area contributed by atoms with Gasteiger partial charge in [0.25, 0.3) is 5.91 Å². The summed E-state index contributed by atoms with van der Waals surface area (Å²) < 4.78 is 14.8. The highest BCUT2D eigenvalue weighted by atomic mass is 16.5. The van der Waals surface area contributed by atoms with Crippen molar-refractivity contribution in [3.05, 3.63) is 35.9 Å². The number of carbonyl (C=O) groups excluding carboxylic acids is 5. The van der Waals surface area contributed by atoms with Crippen LogP contribution in [0.2, 0.25) is 0 Å². The van der Waals surface area contributed by atoms with Crippen molar-refractivity contribution < 1.29 is 38.2 Å². The number of rotatable bonds is 14. The van der Waals surface area contributed by atoms with Crippen LogP contribution in [0.25, 0.3) is 0 Å². The highest BCUT2D eigenvalue weighted by molar-refractivity contribution is 5.91. The lowest BCUT2D eigenvalue weighted by molar-refractivity contribution is -0.145. The van der Waals surface area contributed by atoms with Crippen molar-refractivity contribution in [3.8, 4) is 0 Å². The Morgan fingerprint density at radius 1 is 0.794 bits per heavy atom. The van der Waals surface area contributed by atoms with Crippen LogP contribution in [0.5, 0.6) is 0 Å². The minimum atomic E-state index is -1.22. The summed E-state index contributed by atoms with van der Waals surface area (Å²) in [6.45, 7) is 3.58. The van der Waals surface area contributed by atoms with Gasteiger partial charge in [-0.1, -0.05) is 30.3 Å². The molecule has 1 aromatic rings. The molecule has 3 amide bonds. The molecule has 2 atom stereocenters. The molecule has 5 N–H and O–H groups in total. The first-order valence-electron chi connectivity index (χ1n) is 10.9. The molecule has 0 aliphatic carbocycles. The van der Waals surface area contributed by atoms with Crippen molar-refractivity contribution in [2.45, 2.75) is 58.2 Å². The van der Waals surface area contributed by atoms with Gasteiger partial charge in [0.05, 0.1) is 13.2 Å². The molecule has 0 aliphatic heterocycles. The van der Waals surface area contributed by atoms with Gasteiger partial charge in [-0.05, 0) is 32.3 Å². The quantitative estimate of drug-likeness (QED) is 0.0968. The molecule has 1 aromatic carbocycles. The number of ether oxygens (including phenoxy) is 3. The second-order valence-corrected chi connectivity index (χ2v) is 7.02. The number of esters is 2. The molecular formula is C22H32N4O8. The molecule has 0 radical (unpaired) electrons. The van der Waals surface area contributed by atoms with E-state index >= 15 is 0 Å². The third-order valence-corrected chi connectivity index (χ3v) is 4.48. The minimum Gasteiger partial charge on any atom is -0.466 e. The summed E-state index contributed by atoms with van der Waals surface area (Å²) in [5.74, 6) is 2.57. The predicted octanol–water partition coefficient (Wildman–Crippen LogP) is 0.443. The maximum atomic E-state index is 12.9. The summed E-state index contributed by atoms with van der Waals surface area (Å²) in [6, 6.07) is 6.51. The topological polar surface area (TPSA) is 175 Å². The van der Waals surface area contributed by atoms with Crippen LogP contribution in [0.3, 0.4) is 0 Å². The number of hydrogen-bond donors (Lipinski definition) is 4. The molecule has 0 fully saturated rings. The SMILES string of the molecule is CCOC(=O)CCC(NC(=O)OCc1ccccc1)C(=O)NC(CCC(=O)OCC)C(=O)NN. The Morgan fingerprint density at radius 3 is 1.82 bits per heavy atom. The summed E-state index contributed by atoms with van der Waals surface area (Å²) >= 11 is 0. The third-order valence-electron chi connectivity index (χ3n) is 4.48. The Kier molecular flexibility index (Phi) is 13.4. The Balaban J connectivity index is 2.82. The third kappa shape index (κ3) is 11.3. The van der Waals surface area contributed by atoms with E-state index in [-0.39, 0.29) is 45.5 Å². The zero-order valence-corrected chi connectivity index (χ0v) is 19.3. The van der Waals surface area contributed by atoms with E-state index in [2.05, 4.69) is 10.6 Å². The first-order valence-corrected chi connectivity index (χ1v) is 10.9. The van der Waals surface area contributed by atoms with E-state index in [1.54, 1.807) is 38.1 Å². The first kappa shape index (κ1) is 28.4. The first-order chi connectivity index (χ1) is 16.3. The molecule has 0 aromatic heterocycles. The molecule has 0 saturated heterocycles. The molecule has 12 nitrogen and oxygen atoms in total. The van der Waals surface area contributed by atoms with Gasteiger partial charge in [-0.3, -0.25) is 24.6 Å². The zero-order chi connectivity index (χ0) is 25.3. The van der Waals surface area contributed by atoms with Crippen molar-refractivity contribution in [1.29, 1.82) is 0 Å². The number of hydrogen-bond acceptors (Lipinski definition) is 9. The fourth-order valence-electron chi connectivity index (χ4n) is 2.81. The fraction of sp³-hybridized carbons (Fsp3) is 0.500. The average Bonchev–Trinajstić information content (AvgIpc) is 2.83. The molecule has 12 heteroatoms. The average molecular weight is 481 g/mol. The number of carbonyl (C=O) groups is 5. The van der Waals surface area contributed by atoms with E-state index in [9.17, 15) is 24.0 Å². The van der Waals surface area contributed by atoms with Crippen LogP contribution in [-0.2, 0) is 40.0 Å². The Morgan fingerprint density at radius 2 is 1.32 bits per heavy atom. The van der Waals surface area contributed by atoms with Gasteiger partial charge < -0.3 is 24.8 Å². The molecule has 1 rings (SSSR count). The van der Waals surface area contributed by atoms with Crippen molar-refractivity contribution >= 4 is 29.8 Å². The van der Waals surface area contributed by atoms with E-state index in [1.165, 1.54) is 0 Å². The number of nitrogens with two attached hydrogens (primary N) is 1. The van der Waals surface area contributed by atoms with Crippen LogP contribution in [0.4, 0.5) is 4.79 Å². The van der Waals surface area contributed by atoms with Crippen molar-refractivity contribution in [1.82, 2.24) is 16.1 Å². The lowest BCUT2D eigenvalue weighted by atomic mass is 10.1. The molecule has 0 spiro atoms. The van der Waals surface area contributed by atoms with Crippen LogP contribution in [0.1, 0.15) is 45.1 Å². The normalized spacial score (nSPS) is 12.0. The second-order valence-electron chi connectivity index (χ2n) is 7.02. The van der Waals surface area contributed by atoms with Gasteiger partial charge in [-0.2, -0.15) is 0 Å².